The Balaban J connectivity index is 2.22. The average Bonchev–Trinajstić information content (AvgIpc) is 2.44. The van der Waals surface area contributed by atoms with Gasteiger partial charge in [-0.3, -0.25) is 4.79 Å². The Bertz CT molecular complexity index is 478. The van der Waals surface area contributed by atoms with Crippen LogP contribution in [0, 0.1) is 18.3 Å². The molecule has 1 aromatic rings. The van der Waals surface area contributed by atoms with Gasteiger partial charge in [-0.25, -0.2) is 0 Å². The normalized spacial score (nSPS) is 9.85. The minimum atomic E-state index is -0.113. The first-order valence-corrected chi connectivity index (χ1v) is 7.07. The third-order valence-corrected chi connectivity index (χ3v) is 3.05. The molecule has 0 heterocycles. The van der Waals surface area contributed by atoms with Crippen LogP contribution in [-0.2, 0) is 9.53 Å². The molecule has 0 aliphatic rings. The van der Waals surface area contributed by atoms with Crippen molar-refractivity contribution in [3.63, 3.8) is 0 Å². The SMILES string of the molecule is CCOC(=O)CCCCCNc1cc(C#N)ccc1C. The number of hydrogen-bond donors (Lipinski definition) is 1. The van der Waals surface area contributed by atoms with Crippen molar-refractivity contribution in [2.75, 3.05) is 18.5 Å². The lowest BCUT2D eigenvalue weighted by Gasteiger charge is -2.09. The molecule has 0 saturated carbocycles. The molecular weight excluding hydrogens is 252 g/mol. The maximum absolute atomic E-state index is 11.1. The fraction of sp³-hybridized carbons (Fsp3) is 0.500. The van der Waals surface area contributed by atoms with E-state index in [1.165, 1.54) is 0 Å². The van der Waals surface area contributed by atoms with Crippen LogP contribution in [0.25, 0.3) is 0 Å². The summed E-state index contributed by atoms with van der Waals surface area (Å²) in [6, 6.07) is 7.77. The first-order chi connectivity index (χ1) is 9.67. The van der Waals surface area contributed by atoms with E-state index in [1.54, 1.807) is 0 Å². The zero-order valence-electron chi connectivity index (χ0n) is 12.2. The Kier molecular flexibility index (Phi) is 7.20. The first-order valence-electron chi connectivity index (χ1n) is 7.07. The zero-order valence-corrected chi connectivity index (χ0v) is 12.2. The van der Waals surface area contributed by atoms with Gasteiger partial charge in [0.15, 0.2) is 0 Å². The van der Waals surface area contributed by atoms with Crippen molar-refractivity contribution in [3.8, 4) is 6.07 Å². The number of unbranched alkanes of at least 4 members (excludes halogenated alkanes) is 2. The molecule has 1 rings (SSSR count). The van der Waals surface area contributed by atoms with Gasteiger partial charge in [0.2, 0.25) is 0 Å². The number of ether oxygens (including phenoxy) is 1. The summed E-state index contributed by atoms with van der Waals surface area (Å²) in [6.07, 6.45) is 3.34. The molecule has 108 valence electrons. The van der Waals surface area contributed by atoms with E-state index in [9.17, 15) is 4.79 Å². The lowest BCUT2D eigenvalue weighted by molar-refractivity contribution is -0.143. The van der Waals surface area contributed by atoms with Crippen molar-refractivity contribution in [2.45, 2.75) is 39.5 Å². The van der Waals surface area contributed by atoms with Crippen LogP contribution < -0.4 is 5.32 Å². The van der Waals surface area contributed by atoms with Gasteiger partial charge in [0.05, 0.1) is 18.2 Å². The number of rotatable bonds is 8. The molecule has 0 fully saturated rings. The molecule has 0 bridgehead atoms. The molecule has 0 amide bonds. The predicted molar refractivity (Wildman–Crippen MR) is 79.5 cm³/mol. The van der Waals surface area contributed by atoms with Crippen molar-refractivity contribution >= 4 is 11.7 Å². The van der Waals surface area contributed by atoms with E-state index in [2.05, 4.69) is 11.4 Å². The van der Waals surface area contributed by atoms with Crippen LogP contribution in [0.4, 0.5) is 5.69 Å². The maximum Gasteiger partial charge on any atom is 0.305 e. The van der Waals surface area contributed by atoms with E-state index >= 15 is 0 Å². The highest BCUT2D eigenvalue weighted by atomic mass is 16.5. The fourth-order valence-corrected chi connectivity index (χ4v) is 1.91. The van der Waals surface area contributed by atoms with E-state index < -0.39 is 0 Å². The standard InChI is InChI=1S/C16H22N2O2/c1-3-20-16(19)7-5-4-6-10-18-15-11-14(12-17)9-8-13(15)2/h8-9,11,18H,3-7,10H2,1-2H3. The number of nitrogens with zero attached hydrogens (tertiary/aromatic N) is 1. The van der Waals surface area contributed by atoms with Crippen LogP contribution in [-0.4, -0.2) is 19.1 Å². The number of esters is 1. The zero-order chi connectivity index (χ0) is 14.8. The average molecular weight is 274 g/mol. The Morgan fingerprint density at radius 3 is 2.85 bits per heavy atom. The van der Waals surface area contributed by atoms with Gasteiger partial charge in [-0.1, -0.05) is 12.5 Å². The molecule has 0 atom stereocenters. The molecule has 1 aromatic carbocycles. The molecule has 0 saturated heterocycles. The van der Waals surface area contributed by atoms with Crippen molar-refractivity contribution < 1.29 is 9.53 Å². The van der Waals surface area contributed by atoms with Crippen molar-refractivity contribution in [2.24, 2.45) is 0 Å². The second-order valence-corrected chi connectivity index (χ2v) is 4.68. The smallest absolute Gasteiger partial charge is 0.305 e. The molecule has 4 heteroatoms. The highest BCUT2D eigenvalue weighted by molar-refractivity contribution is 5.69. The van der Waals surface area contributed by atoms with Gasteiger partial charge in [0.1, 0.15) is 0 Å². The van der Waals surface area contributed by atoms with Crippen LogP contribution in [0.15, 0.2) is 18.2 Å². The Morgan fingerprint density at radius 2 is 2.15 bits per heavy atom. The van der Waals surface area contributed by atoms with Crippen LogP contribution in [0.1, 0.15) is 43.7 Å². The quantitative estimate of drug-likeness (QED) is 0.583. The Hall–Kier alpha value is -2.02. The summed E-state index contributed by atoms with van der Waals surface area (Å²) in [6.45, 7) is 5.14. The number of aryl methyl sites for hydroxylation is 1. The number of carbonyl (C=O) groups excluding carboxylic acids is 1. The van der Waals surface area contributed by atoms with Gasteiger partial charge in [0.25, 0.3) is 0 Å². The van der Waals surface area contributed by atoms with Crippen LogP contribution in [0.3, 0.4) is 0 Å². The summed E-state index contributed by atoms with van der Waals surface area (Å²) in [7, 11) is 0. The Morgan fingerprint density at radius 1 is 1.35 bits per heavy atom. The molecule has 4 nitrogen and oxygen atoms in total. The number of hydrogen-bond acceptors (Lipinski definition) is 4. The van der Waals surface area contributed by atoms with Gasteiger partial charge in [-0.2, -0.15) is 5.26 Å². The summed E-state index contributed by atoms with van der Waals surface area (Å²) < 4.78 is 4.87. The fourth-order valence-electron chi connectivity index (χ4n) is 1.91. The highest BCUT2D eigenvalue weighted by Crippen LogP contribution is 2.16. The number of nitriles is 1. The second kappa shape index (κ2) is 8.98. The topological polar surface area (TPSA) is 62.1 Å². The van der Waals surface area contributed by atoms with E-state index in [-0.39, 0.29) is 5.97 Å². The van der Waals surface area contributed by atoms with Crippen LogP contribution in [0.2, 0.25) is 0 Å². The number of benzene rings is 1. The van der Waals surface area contributed by atoms with Gasteiger partial charge in [-0.05, 0) is 44.4 Å². The number of nitrogens with one attached hydrogen (secondary N) is 1. The van der Waals surface area contributed by atoms with Crippen molar-refractivity contribution in [1.29, 1.82) is 5.26 Å². The lowest BCUT2D eigenvalue weighted by atomic mass is 10.1. The third kappa shape index (κ3) is 5.75. The van der Waals surface area contributed by atoms with Gasteiger partial charge in [0, 0.05) is 18.7 Å². The predicted octanol–water partition coefficient (Wildman–Crippen LogP) is 3.40. The number of anilines is 1. The largest absolute Gasteiger partial charge is 0.466 e. The minimum Gasteiger partial charge on any atom is -0.466 e. The molecule has 1 N–H and O–H groups in total. The van der Waals surface area contributed by atoms with Crippen molar-refractivity contribution in [3.05, 3.63) is 29.3 Å². The van der Waals surface area contributed by atoms with Gasteiger partial charge in [-0.15, -0.1) is 0 Å². The van der Waals surface area contributed by atoms with Gasteiger partial charge < -0.3 is 10.1 Å². The molecule has 0 spiro atoms. The van der Waals surface area contributed by atoms with Crippen molar-refractivity contribution in [1.82, 2.24) is 0 Å². The summed E-state index contributed by atoms with van der Waals surface area (Å²) in [5.41, 5.74) is 2.81. The van der Waals surface area contributed by atoms with Gasteiger partial charge >= 0.3 is 5.97 Å². The molecule has 0 aromatic heterocycles. The second-order valence-electron chi connectivity index (χ2n) is 4.68. The summed E-state index contributed by atoms with van der Waals surface area (Å²) in [4.78, 5) is 11.1. The van der Waals surface area contributed by atoms with Crippen LogP contribution >= 0.6 is 0 Å². The summed E-state index contributed by atoms with van der Waals surface area (Å²) >= 11 is 0. The molecule has 20 heavy (non-hydrogen) atoms. The highest BCUT2D eigenvalue weighted by Gasteiger charge is 2.02. The molecule has 0 radical (unpaired) electrons. The Labute approximate surface area is 120 Å². The first kappa shape index (κ1) is 16.0. The number of carbonyl (C=O) groups is 1. The van der Waals surface area contributed by atoms with E-state index in [0.717, 1.165) is 37.1 Å². The molecule has 0 aliphatic heterocycles. The monoisotopic (exact) mass is 274 g/mol. The lowest BCUT2D eigenvalue weighted by Crippen LogP contribution is -2.05. The molecule has 0 aliphatic carbocycles. The summed E-state index contributed by atoms with van der Waals surface area (Å²) in [5.74, 6) is -0.113. The molecular formula is C16H22N2O2. The molecule has 0 unspecified atom stereocenters. The van der Waals surface area contributed by atoms with E-state index in [1.807, 2.05) is 32.0 Å². The maximum atomic E-state index is 11.1. The minimum absolute atomic E-state index is 0.113. The van der Waals surface area contributed by atoms with Crippen LogP contribution in [0.5, 0.6) is 0 Å². The van der Waals surface area contributed by atoms with E-state index in [4.69, 9.17) is 10.00 Å². The third-order valence-electron chi connectivity index (χ3n) is 3.05. The summed E-state index contributed by atoms with van der Waals surface area (Å²) in [5, 5.41) is 12.2. The van der Waals surface area contributed by atoms with E-state index in [0.29, 0.717) is 18.6 Å².